The number of phenolic OH excluding ortho intramolecular Hbond substituents is 3. The van der Waals surface area contributed by atoms with E-state index in [0.29, 0.717) is 0 Å². The zero-order valence-electron chi connectivity index (χ0n) is 8.74. The van der Waals surface area contributed by atoms with Crippen LogP contribution in [0.5, 0.6) is 17.2 Å². The minimum Gasteiger partial charge on any atom is -0.508 e. The normalized spacial score (nSPS) is 13.9. The number of hydrogen-bond donors (Lipinski definition) is 5. The summed E-state index contributed by atoms with van der Waals surface area (Å²) in [7, 11) is 0. The standard InChI is InChI=1S/C10H12N2O5/c1-12-9(8(11)10(16)17)7-5(14)2-4(13)3-6(7)15/h2-3,8-9,13-15H,1,11H2,(H,16,17). The molecule has 1 aromatic rings. The van der Waals surface area contributed by atoms with Crippen molar-refractivity contribution in [3.63, 3.8) is 0 Å². The highest BCUT2D eigenvalue weighted by molar-refractivity contribution is 5.75. The molecule has 0 bridgehead atoms. The van der Waals surface area contributed by atoms with E-state index >= 15 is 0 Å². The minimum atomic E-state index is -1.46. The van der Waals surface area contributed by atoms with Crippen molar-refractivity contribution in [1.82, 2.24) is 0 Å². The Morgan fingerprint density at radius 1 is 1.29 bits per heavy atom. The van der Waals surface area contributed by atoms with Gasteiger partial charge in [-0.25, -0.2) is 0 Å². The van der Waals surface area contributed by atoms with Crippen molar-refractivity contribution in [3.05, 3.63) is 17.7 Å². The van der Waals surface area contributed by atoms with Gasteiger partial charge in [-0.1, -0.05) is 0 Å². The maximum Gasteiger partial charge on any atom is 0.323 e. The fraction of sp³-hybridized carbons (Fsp3) is 0.200. The van der Waals surface area contributed by atoms with Crippen molar-refractivity contribution in [2.75, 3.05) is 0 Å². The molecule has 17 heavy (non-hydrogen) atoms. The summed E-state index contributed by atoms with van der Waals surface area (Å²) in [6.45, 7) is 3.17. The molecule has 6 N–H and O–H groups in total. The molecule has 0 aliphatic rings. The van der Waals surface area contributed by atoms with Gasteiger partial charge in [-0.05, 0) is 6.72 Å². The zero-order chi connectivity index (χ0) is 13.2. The number of aliphatic imine (C=N–C) groups is 1. The number of aromatic hydroxyl groups is 3. The maximum atomic E-state index is 10.7. The molecule has 0 aromatic heterocycles. The first-order chi connectivity index (χ1) is 7.88. The SMILES string of the molecule is C=NC(c1c(O)cc(O)cc1O)C(N)C(=O)O. The van der Waals surface area contributed by atoms with Crippen molar-refractivity contribution in [2.24, 2.45) is 10.7 Å². The van der Waals surface area contributed by atoms with Crippen LogP contribution in [0.4, 0.5) is 0 Å². The molecule has 0 spiro atoms. The van der Waals surface area contributed by atoms with Crippen LogP contribution in [0.2, 0.25) is 0 Å². The monoisotopic (exact) mass is 240 g/mol. The molecular weight excluding hydrogens is 228 g/mol. The number of aliphatic carboxylic acids is 1. The molecule has 1 aromatic carbocycles. The number of nitrogens with zero attached hydrogens (tertiary/aromatic N) is 1. The molecule has 0 aliphatic carbocycles. The van der Waals surface area contributed by atoms with Crippen molar-refractivity contribution in [2.45, 2.75) is 12.1 Å². The first-order valence-electron chi connectivity index (χ1n) is 4.57. The van der Waals surface area contributed by atoms with E-state index in [-0.39, 0.29) is 11.3 Å². The number of hydrogen-bond acceptors (Lipinski definition) is 6. The third-order valence-electron chi connectivity index (χ3n) is 2.24. The van der Waals surface area contributed by atoms with Gasteiger partial charge >= 0.3 is 5.97 Å². The lowest BCUT2D eigenvalue weighted by Gasteiger charge is -2.18. The van der Waals surface area contributed by atoms with Crippen LogP contribution in [-0.4, -0.2) is 39.2 Å². The summed E-state index contributed by atoms with van der Waals surface area (Å²) in [5.74, 6) is -2.72. The van der Waals surface area contributed by atoms with E-state index in [1.54, 1.807) is 0 Å². The predicted octanol–water partition coefficient (Wildman–Crippen LogP) is -0.0430. The average Bonchev–Trinajstić information content (AvgIpc) is 2.21. The molecule has 1 rings (SSSR count). The van der Waals surface area contributed by atoms with E-state index in [1.807, 2.05) is 0 Å². The lowest BCUT2D eigenvalue weighted by molar-refractivity contribution is -0.139. The van der Waals surface area contributed by atoms with E-state index in [9.17, 15) is 15.0 Å². The zero-order valence-corrected chi connectivity index (χ0v) is 8.74. The highest BCUT2D eigenvalue weighted by Gasteiger charge is 2.29. The van der Waals surface area contributed by atoms with E-state index in [4.69, 9.17) is 15.9 Å². The van der Waals surface area contributed by atoms with Gasteiger partial charge in [0.15, 0.2) is 0 Å². The number of carboxylic acids is 1. The van der Waals surface area contributed by atoms with Crippen LogP contribution >= 0.6 is 0 Å². The van der Waals surface area contributed by atoms with E-state index in [1.165, 1.54) is 0 Å². The fourth-order valence-corrected chi connectivity index (χ4v) is 1.43. The molecule has 2 atom stereocenters. The van der Waals surface area contributed by atoms with Gasteiger partial charge < -0.3 is 26.2 Å². The van der Waals surface area contributed by atoms with Crippen LogP contribution < -0.4 is 5.73 Å². The summed E-state index contributed by atoms with van der Waals surface area (Å²) < 4.78 is 0. The molecule has 92 valence electrons. The lowest BCUT2D eigenvalue weighted by atomic mass is 9.98. The van der Waals surface area contributed by atoms with Gasteiger partial charge in [-0.2, -0.15) is 0 Å². The van der Waals surface area contributed by atoms with Crippen LogP contribution in [-0.2, 0) is 4.79 Å². The second kappa shape index (κ2) is 4.71. The van der Waals surface area contributed by atoms with Crippen molar-refractivity contribution in [1.29, 1.82) is 0 Å². The molecule has 0 saturated heterocycles. The fourth-order valence-electron chi connectivity index (χ4n) is 1.43. The Morgan fingerprint density at radius 3 is 2.12 bits per heavy atom. The summed E-state index contributed by atoms with van der Waals surface area (Å²) in [6, 6.07) is -0.786. The number of carbonyl (C=O) groups is 1. The highest BCUT2D eigenvalue weighted by Crippen LogP contribution is 2.38. The summed E-state index contributed by atoms with van der Waals surface area (Å²) >= 11 is 0. The molecule has 0 heterocycles. The topological polar surface area (TPSA) is 136 Å². The molecule has 0 saturated carbocycles. The van der Waals surface area contributed by atoms with E-state index < -0.39 is 29.6 Å². The first-order valence-corrected chi connectivity index (χ1v) is 4.57. The highest BCUT2D eigenvalue weighted by atomic mass is 16.4. The Bertz CT molecular complexity index is 437. The van der Waals surface area contributed by atoms with Gasteiger partial charge in [0.2, 0.25) is 0 Å². The van der Waals surface area contributed by atoms with E-state index in [0.717, 1.165) is 12.1 Å². The minimum absolute atomic E-state index is 0.187. The number of carboxylic acid groups (broad SMARTS) is 1. The molecule has 0 fully saturated rings. The third-order valence-corrected chi connectivity index (χ3v) is 2.24. The maximum absolute atomic E-state index is 10.7. The molecule has 2 unspecified atom stereocenters. The van der Waals surface area contributed by atoms with Crippen LogP contribution in [0.15, 0.2) is 17.1 Å². The molecular formula is C10H12N2O5. The number of phenols is 3. The quantitative estimate of drug-likeness (QED) is 0.468. The van der Waals surface area contributed by atoms with Crippen molar-refractivity contribution < 1.29 is 25.2 Å². The Balaban J connectivity index is 3.30. The van der Waals surface area contributed by atoms with Gasteiger partial charge in [-0.15, -0.1) is 0 Å². The molecule has 7 heteroatoms. The lowest BCUT2D eigenvalue weighted by Crippen LogP contribution is -2.35. The smallest absolute Gasteiger partial charge is 0.323 e. The van der Waals surface area contributed by atoms with Gasteiger partial charge in [0.25, 0.3) is 0 Å². The van der Waals surface area contributed by atoms with Crippen LogP contribution in [0, 0.1) is 0 Å². The second-order valence-electron chi connectivity index (χ2n) is 3.39. The second-order valence-corrected chi connectivity index (χ2v) is 3.39. The predicted molar refractivity (Wildman–Crippen MR) is 59.3 cm³/mol. The Morgan fingerprint density at radius 2 is 1.76 bits per heavy atom. The third kappa shape index (κ3) is 2.45. The number of rotatable bonds is 4. The first kappa shape index (κ1) is 12.8. The van der Waals surface area contributed by atoms with Crippen LogP contribution in [0.3, 0.4) is 0 Å². The summed E-state index contributed by atoms with van der Waals surface area (Å²) in [5, 5.41) is 37.0. The number of benzene rings is 1. The van der Waals surface area contributed by atoms with Gasteiger partial charge in [0.1, 0.15) is 29.3 Å². The van der Waals surface area contributed by atoms with Crippen LogP contribution in [0.25, 0.3) is 0 Å². The summed E-state index contributed by atoms with van der Waals surface area (Å²) in [6.07, 6.45) is 0. The van der Waals surface area contributed by atoms with Crippen molar-refractivity contribution >= 4 is 12.7 Å². The molecule has 0 amide bonds. The Labute approximate surface area is 96.5 Å². The summed E-state index contributed by atoms with van der Waals surface area (Å²) in [5.41, 5.74) is 5.17. The largest absolute Gasteiger partial charge is 0.508 e. The molecule has 0 radical (unpaired) electrons. The van der Waals surface area contributed by atoms with E-state index in [2.05, 4.69) is 11.7 Å². The van der Waals surface area contributed by atoms with Gasteiger partial charge in [0, 0.05) is 12.1 Å². The average molecular weight is 240 g/mol. The van der Waals surface area contributed by atoms with Crippen molar-refractivity contribution in [3.8, 4) is 17.2 Å². The molecule has 0 aliphatic heterocycles. The Hall–Kier alpha value is -2.28. The number of nitrogens with two attached hydrogens (primary N) is 1. The van der Waals surface area contributed by atoms with Crippen LogP contribution in [0.1, 0.15) is 11.6 Å². The summed E-state index contributed by atoms with van der Waals surface area (Å²) in [4.78, 5) is 14.2. The van der Waals surface area contributed by atoms with Gasteiger partial charge in [-0.3, -0.25) is 9.79 Å². The van der Waals surface area contributed by atoms with Gasteiger partial charge in [0.05, 0.1) is 5.56 Å². The molecule has 7 nitrogen and oxygen atoms in total. The Kier molecular flexibility index (Phi) is 3.54.